The molecule has 7 heteroatoms. The summed E-state index contributed by atoms with van der Waals surface area (Å²) in [6, 6.07) is -1.39. The Bertz CT molecular complexity index is 346. The minimum atomic E-state index is -4.31. The Balaban J connectivity index is 2.20. The highest BCUT2D eigenvalue weighted by atomic mass is 19.4. The first-order chi connectivity index (χ1) is 8.80. The van der Waals surface area contributed by atoms with Gasteiger partial charge in [0.05, 0.1) is 12.7 Å². The summed E-state index contributed by atoms with van der Waals surface area (Å²) < 4.78 is 39.3. The maximum Gasteiger partial charge on any atom is 0.405 e. The molecule has 4 nitrogen and oxygen atoms in total. The first-order valence-corrected chi connectivity index (χ1v) is 6.65. The Labute approximate surface area is 110 Å². The lowest BCUT2D eigenvalue weighted by Crippen LogP contribution is -2.65. The Hall–Kier alpha value is -0.820. The number of rotatable bonds is 2. The molecule has 2 unspecified atom stereocenters. The van der Waals surface area contributed by atoms with Crippen molar-refractivity contribution < 1.29 is 18.0 Å². The summed E-state index contributed by atoms with van der Waals surface area (Å²) in [6.45, 7) is 4.24. The minimum Gasteiger partial charge on any atom is -0.353 e. The van der Waals surface area contributed by atoms with Crippen LogP contribution in [0.3, 0.4) is 0 Å². The van der Waals surface area contributed by atoms with Crippen LogP contribution in [0.1, 0.15) is 26.7 Å². The SMILES string of the molecule is CC(C)N1CCCC1N1CC(=O)NCC1C(F)(F)F. The number of nitrogens with zero attached hydrogens (tertiary/aromatic N) is 2. The first kappa shape index (κ1) is 14.6. The zero-order valence-electron chi connectivity index (χ0n) is 11.2. The van der Waals surface area contributed by atoms with Crippen molar-refractivity contribution in [2.24, 2.45) is 0 Å². The van der Waals surface area contributed by atoms with E-state index < -0.39 is 12.2 Å². The molecular weight excluding hydrogens is 259 g/mol. The summed E-state index contributed by atoms with van der Waals surface area (Å²) in [4.78, 5) is 14.8. The number of amides is 1. The molecule has 0 aromatic rings. The van der Waals surface area contributed by atoms with E-state index >= 15 is 0 Å². The van der Waals surface area contributed by atoms with E-state index in [0.717, 1.165) is 13.0 Å². The van der Waals surface area contributed by atoms with E-state index in [9.17, 15) is 18.0 Å². The number of nitrogens with one attached hydrogen (secondary N) is 1. The van der Waals surface area contributed by atoms with Crippen LogP contribution in [-0.2, 0) is 4.79 Å². The second kappa shape index (κ2) is 5.28. The molecule has 2 rings (SSSR count). The Kier molecular flexibility index (Phi) is 4.06. The average molecular weight is 279 g/mol. The van der Waals surface area contributed by atoms with Gasteiger partial charge in [-0.25, -0.2) is 0 Å². The first-order valence-electron chi connectivity index (χ1n) is 6.65. The summed E-state index contributed by atoms with van der Waals surface area (Å²) in [5.41, 5.74) is 0. The number of likely N-dealkylation sites (tertiary alicyclic amines) is 1. The molecule has 0 aromatic carbocycles. The van der Waals surface area contributed by atoms with E-state index in [4.69, 9.17) is 0 Å². The van der Waals surface area contributed by atoms with Crippen LogP contribution >= 0.6 is 0 Å². The lowest BCUT2D eigenvalue weighted by atomic mass is 10.1. The molecule has 2 heterocycles. The molecule has 1 N–H and O–H groups in total. The van der Waals surface area contributed by atoms with Gasteiger partial charge < -0.3 is 5.32 Å². The van der Waals surface area contributed by atoms with Crippen molar-refractivity contribution in [3.63, 3.8) is 0 Å². The fourth-order valence-corrected chi connectivity index (χ4v) is 3.01. The van der Waals surface area contributed by atoms with Gasteiger partial charge in [-0.1, -0.05) is 0 Å². The largest absolute Gasteiger partial charge is 0.405 e. The van der Waals surface area contributed by atoms with Gasteiger partial charge in [-0.2, -0.15) is 13.2 Å². The second-order valence-electron chi connectivity index (χ2n) is 5.49. The number of hydrogen-bond acceptors (Lipinski definition) is 3. The fraction of sp³-hybridized carbons (Fsp3) is 0.917. The quantitative estimate of drug-likeness (QED) is 0.824. The molecular formula is C12H20F3N3O. The van der Waals surface area contributed by atoms with Crippen molar-refractivity contribution in [2.75, 3.05) is 19.6 Å². The van der Waals surface area contributed by atoms with Gasteiger partial charge in [0.15, 0.2) is 0 Å². The normalized spacial score (nSPS) is 30.9. The second-order valence-corrected chi connectivity index (χ2v) is 5.49. The van der Waals surface area contributed by atoms with Crippen LogP contribution in [0.25, 0.3) is 0 Å². The van der Waals surface area contributed by atoms with Crippen molar-refractivity contribution in [2.45, 2.75) is 51.1 Å². The van der Waals surface area contributed by atoms with Gasteiger partial charge in [0.1, 0.15) is 6.04 Å². The molecule has 110 valence electrons. The zero-order chi connectivity index (χ0) is 14.2. The van der Waals surface area contributed by atoms with Gasteiger partial charge in [-0.3, -0.25) is 14.6 Å². The highest BCUT2D eigenvalue weighted by Crippen LogP contribution is 2.32. The van der Waals surface area contributed by atoms with Crippen LogP contribution in [-0.4, -0.2) is 59.8 Å². The molecule has 2 fully saturated rings. The molecule has 0 aromatic heterocycles. The lowest BCUT2D eigenvalue weighted by molar-refractivity contribution is -0.202. The minimum absolute atomic E-state index is 0.169. The maximum absolute atomic E-state index is 13.1. The molecule has 19 heavy (non-hydrogen) atoms. The van der Waals surface area contributed by atoms with Crippen molar-refractivity contribution in [3.8, 4) is 0 Å². The van der Waals surface area contributed by atoms with E-state index in [0.29, 0.717) is 6.42 Å². The fourth-order valence-electron chi connectivity index (χ4n) is 3.01. The van der Waals surface area contributed by atoms with Gasteiger partial charge in [0.2, 0.25) is 5.91 Å². The van der Waals surface area contributed by atoms with Crippen molar-refractivity contribution >= 4 is 5.91 Å². The van der Waals surface area contributed by atoms with Crippen LogP contribution in [0.2, 0.25) is 0 Å². The Morgan fingerprint density at radius 2 is 2.05 bits per heavy atom. The topological polar surface area (TPSA) is 35.6 Å². The predicted octanol–water partition coefficient (Wildman–Crippen LogP) is 1.18. The summed E-state index contributed by atoms with van der Waals surface area (Å²) in [7, 11) is 0. The van der Waals surface area contributed by atoms with Gasteiger partial charge in [0, 0.05) is 19.1 Å². The maximum atomic E-state index is 13.1. The number of piperazine rings is 1. The number of alkyl halides is 3. The molecule has 0 radical (unpaired) electrons. The number of halogens is 3. The molecule has 0 saturated carbocycles. The summed E-state index contributed by atoms with van der Waals surface area (Å²) in [6.07, 6.45) is -3.01. The molecule has 2 aliphatic rings. The number of hydrogen-bond donors (Lipinski definition) is 1. The molecule has 2 aliphatic heterocycles. The Morgan fingerprint density at radius 3 is 2.63 bits per heavy atom. The van der Waals surface area contributed by atoms with E-state index in [1.807, 2.05) is 13.8 Å². The number of carbonyl (C=O) groups is 1. The van der Waals surface area contributed by atoms with Crippen molar-refractivity contribution in [3.05, 3.63) is 0 Å². The zero-order valence-corrected chi connectivity index (χ0v) is 11.2. The van der Waals surface area contributed by atoms with E-state index in [1.54, 1.807) is 0 Å². The number of carbonyl (C=O) groups excluding carboxylic acids is 1. The lowest BCUT2D eigenvalue weighted by Gasteiger charge is -2.44. The smallest absolute Gasteiger partial charge is 0.353 e. The third-order valence-corrected chi connectivity index (χ3v) is 3.90. The molecule has 0 bridgehead atoms. The monoisotopic (exact) mass is 279 g/mol. The van der Waals surface area contributed by atoms with E-state index in [2.05, 4.69) is 10.2 Å². The molecule has 1 amide bonds. The van der Waals surface area contributed by atoms with E-state index in [-0.39, 0.29) is 31.2 Å². The summed E-state index contributed by atoms with van der Waals surface area (Å²) in [5.74, 6) is -0.323. The Morgan fingerprint density at radius 1 is 1.37 bits per heavy atom. The highest BCUT2D eigenvalue weighted by Gasteiger charge is 2.50. The van der Waals surface area contributed by atoms with Crippen LogP contribution < -0.4 is 5.32 Å². The van der Waals surface area contributed by atoms with Gasteiger partial charge in [-0.15, -0.1) is 0 Å². The van der Waals surface area contributed by atoms with Crippen molar-refractivity contribution in [1.82, 2.24) is 15.1 Å². The molecule has 0 aliphatic carbocycles. The highest BCUT2D eigenvalue weighted by molar-refractivity contribution is 5.79. The summed E-state index contributed by atoms with van der Waals surface area (Å²) >= 11 is 0. The molecule has 0 spiro atoms. The van der Waals surface area contributed by atoms with Gasteiger partial charge in [-0.05, 0) is 26.7 Å². The van der Waals surface area contributed by atoms with Crippen LogP contribution in [0.5, 0.6) is 0 Å². The van der Waals surface area contributed by atoms with Crippen LogP contribution in [0.4, 0.5) is 13.2 Å². The van der Waals surface area contributed by atoms with Gasteiger partial charge in [0.25, 0.3) is 0 Å². The van der Waals surface area contributed by atoms with Crippen LogP contribution in [0, 0.1) is 0 Å². The van der Waals surface area contributed by atoms with Gasteiger partial charge >= 0.3 is 6.18 Å². The summed E-state index contributed by atoms with van der Waals surface area (Å²) in [5, 5.41) is 2.32. The average Bonchev–Trinajstić information content (AvgIpc) is 2.75. The third kappa shape index (κ3) is 3.02. The van der Waals surface area contributed by atoms with E-state index in [1.165, 1.54) is 4.90 Å². The predicted molar refractivity (Wildman–Crippen MR) is 64.4 cm³/mol. The van der Waals surface area contributed by atoms with Crippen molar-refractivity contribution in [1.29, 1.82) is 0 Å². The standard InChI is InChI=1S/C12H20F3N3O/c1-8(2)17-5-3-4-11(17)18-7-10(19)16-6-9(18)12(13,14)15/h8-9,11H,3-7H2,1-2H3,(H,16,19). The third-order valence-electron chi connectivity index (χ3n) is 3.90. The molecule has 2 atom stereocenters. The molecule has 2 saturated heterocycles. The van der Waals surface area contributed by atoms with Crippen LogP contribution in [0.15, 0.2) is 0 Å².